The maximum atomic E-state index is 6.05. The Kier molecular flexibility index (Phi) is 4.76. The summed E-state index contributed by atoms with van der Waals surface area (Å²) in [5, 5.41) is 1.57. The quantitative estimate of drug-likeness (QED) is 0.460. The Morgan fingerprint density at radius 2 is 2.16 bits per heavy atom. The molecule has 19 heavy (non-hydrogen) atoms. The zero-order valence-electron chi connectivity index (χ0n) is 11.5. The number of hydrogen-bond donors (Lipinski definition) is 0. The van der Waals surface area contributed by atoms with Crippen molar-refractivity contribution in [2.45, 2.75) is 38.5 Å². The van der Waals surface area contributed by atoms with Crippen molar-refractivity contribution in [2.75, 3.05) is 6.61 Å². The lowest BCUT2D eigenvalue weighted by Gasteiger charge is -2.16. The van der Waals surface area contributed by atoms with E-state index in [0.29, 0.717) is 5.15 Å². The third-order valence-corrected chi connectivity index (χ3v) is 3.67. The molecular weight excluding hydrogens is 280 g/mol. The first-order valence-corrected chi connectivity index (χ1v) is 7.49. The van der Waals surface area contributed by atoms with Crippen LogP contribution in [0.4, 0.5) is 0 Å². The van der Waals surface area contributed by atoms with Crippen molar-refractivity contribution in [1.29, 1.82) is 0 Å². The van der Waals surface area contributed by atoms with Crippen molar-refractivity contribution in [3.05, 3.63) is 29.7 Å². The van der Waals surface area contributed by atoms with E-state index >= 15 is 0 Å². The molecule has 0 aliphatic heterocycles. The Morgan fingerprint density at radius 3 is 2.89 bits per heavy atom. The summed E-state index contributed by atoms with van der Waals surface area (Å²) in [7, 11) is 0. The third-order valence-electron chi connectivity index (χ3n) is 2.58. The van der Waals surface area contributed by atoms with Crippen LogP contribution >= 0.6 is 23.6 Å². The molecule has 2 heterocycles. The van der Waals surface area contributed by atoms with Crippen LogP contribution in [-0.2, 0) is 10.7 Å². The summed E-state index contributed by atoms with van der Waals surface area (Å²) < 4.78 is 7.94. The first-order chi connectivity index (χ1) is 8.97. The fourth-order valence-electron chi connectivity index (χ4n) is 1.79. The molecule has 0 aliphatic carbocycles. The molecule has 0 atom stereocenters. The highest BCUT2D eigenvalue weighted by molar-refractivity contribution is 7.96. The van der Waals surface area contributed by atoms with Crippen LogP contribution in [0, 0.1) is 0 Å². The van der Waals surface area contributed by atoms with Gasteiger partial charge >= 0.3 is 0 Å². The first-order valence-electron chi connectivity index (χ1n) is 6.37. The second-order valence-corrected chi connectivity index (χ2v) is 7.40. The highest BCUT2D eigenvalue weighted by Gasteiger charge is 2.11. The highest BCUT2D eigenvalue weighted by Crippen LogP contribution is 2.25. The van der Waals surface area contributed by atoms with E-state index in [0.717, 1.165) is 30.5 Å². The van der Waals surface area contributed by atoms with Gasteiger partial charge in [-0.15, -0.1) is 0 Å². The summed E-state index contributed by atoms with van der Waals surface area (Å²) in [5.74, 6) is 0. The Bertz CT molecular complexity index is 548. The SMILES string of the molecule is CC(C)(C)SOCCCn1ccc2c(Cl)nccc21. The Labute approximate surface area is 123 Å². The Morgan fingerprint density at radius 1 is 1.37 bits per heavy atom. The summed E-state index contributed by atoms with van der Waals surface area (Å²) in [6.07, 6.45) is 4.77. The summed E-state index contributed by atoms with van der Waals surface area (Å²) in [6, 6.07) is 4.00. The zero-order chi connectivity index (χ0) is 13.9. The summed E-state index contributed by atoms with van der Waals surface area (Å²) >= 11 is 7.59. The van der Waals surface area contributed by atoms with Gasteiger partial charge in [0.25, 0.3) is 0 Å². The average molecular weight is 299 g/mol. The smallest absolute Gasteiger partial charge is 0.138 e. The second-order valence-electron chi connectivity index (χ2n) is 5.41. The number of rotatable bonds is 5. The molecule has 0 fully saturated rings. The predicted molar refractivity (Wildman–Crippen MR) is 82.7 cm³/mol. The number of halogens is 1. The largest absolute Gasteiger partial charge is 0.347 e. The van der Waals surface area contributed by atoms with Gasteiger partial charge < -0.3 is 8.75 Å². The number of hydrogen-bond acceptors (Lipinski definition) is 3. The normalized spacial score (nSPS) is 12.2. The van der Waals surface area contributed by atoms with E-state index < -0.39 is 0 Å². The Balaban J connectivity index is 1.87. The van der Waals surface area contributed by atoms with Crippen molar-refractivity contribution in [3.8, 4) is 0 Å². The molecule has 0 bridgehead atoms. The fourth-order valence-corrected chi connectivity index (χ4v) is 2.57. The van der Waals surface area contributed by atoms with E-state index in [-0.39, 0.29) is 4.75 Å². The van der Waals surface area contributed by atoms with Crippen LogP contribution in [0.2, 0.25) is 5.15 Å². The zero-order valence-corrected chi connectivity index (χ0v) is 13.1. The summed E-state index contributed by atoms with van der Waals surface area (Å²) in [6.45, 7) is 8.11. The molecule has 0 saturated heterocycles. The average Bonchev–Trinajstić information content (AvgIpc) is 2.72. The number of pyridine rings is 1. The van der Waals surface area contributed by atoms with Crippen LogP contribution in [0.5, 0.6) is 0 Å². The van der Waals surface area contributed by atoms with Crippen LogP contribution in [0.1, 0.15) is 27.2 Å². The number of aromatic nitrogens is 2. The van der Waals surface area contributed by atoms with Crippen molar-refractivity contribution < 1.29 is 4.18 Å². The van der Waals surface area contributed by atoms with Crippen molar-refractivity contribution in [3.63, 3.8) is 0 Å². The molecule has 104 valence electrons. The molecule has 0 aromatic carbocycles. The first kappa shape index (κ1) is 14.7. The molecule has 0 unspecified atom stereocenters. The van der Waals surface area contributed by atoms with Crippen molar-refractivity contribution in [1.82, 2.24) is 9.55 Å². The van der Waals surface area contributed by atoms with Gasteiger partial charge in [0.1, 0.15) is 5.15 Å². The van der Waals surface area contributed by atoms with Gasteiger partial charge in [-0.05, 0) is 51.4 Å². The van der Waals surface area contributed by atoms with Gasteiger partial charge in [0, 0.05) is 29.1 Å². The van der Waals surface area contributed by atoms with E-state index in [1.54, 1.807) is 6.20 Å². The summed E-state index contributed by atoms with van der Waals surface area (Å²) in [5.41, 5.74) is 1.13. The van der Waals surface area contributed by atoms with Gasteiger partial charge in [0.05, 0.1) is 12.1 Å². The monoisotopic (exact) mass is 298 g/mol. The van der Waals surface area contributed by atoms with Gasteiger partial charge in [-0.3, -0.25) is 0 Å². The van der Waals surface area contributed by atoms with Crippen molar-refractivity contribution >= 4 is 34.5 Å². The van der Waals surface area contributed by atoms with Gasteiger partial charge in [-0.2, -0.15) is 0 Å². The molecule has 0 N–H and O–H groups in total. The lowest BCUT2D eigenvalue weighted by Crippen LogP contribution is -2.09. The molecule has 2 aromatic heterocycles. The minimum Gasteiger partial charge on any atom is -0.347 e. The molecule has 0 radical (unpaired) electrons. The van der Waals surface area contributed by atoms with Gasteiger partial charge in [0.15, 0.2) is 0 Å². The number of aryl methyl sites for hydroxylation is 1. The lowest BCUT2D eigenvalue weighted by atomic mass is 10.3. The Hall–Kier alpha value is -0.710. The maximum absolute atomic E-state index is 6.05. The van der Waals surface area contributed by atoms with Crippen LogP contribution in [-0.4, -0.2) is 20.9 Å². The minimum atomic E-state index is 0.152. The van der Waals surface area contributed by atoms with Crippen LogP contribution in [0.3, 0.4) is 0 Å². The lowest BCUT2D eigenvalue weighted by molar-refractivity contribution is 0.346. The minimum absolute atomic E-state index is 0.152. The molecular formula is C14H19ClN2OS. The maximum Gasteiger partial charge on any atom is 0.138 e. The molecule has 0 amide bonds. The second kappa shape index (κ2) is 6.16. The van der Waals surface area contributed by atoms with E-state index in [9.17, 15) is 0 Å². The fraction of sp³-hybridized carbons (Fsp3) is 0.500. The number of nitrogens with zero attached hydrogens (tertiary/aromatic N) is 2. The standard InChI is InChI=1S/C14H19ClN2OS/c1-14(2,3)19-18-10-4-8-17-9-6-11-12(17)5-7-16-13(11)15/h5-7,9H,4,8,10H2,1-3H3. The molecule has 2 rings (SSSR count). The highest BCUT2D eigenvalue weighted by atomic mass is 35.5. The van der Waals surface area contributed by atoms with Crippen molar-refractivity contribution in [2.24, 2.45) is 0 Å². The summed E-state index contributed by atoms with van der Waals surface area (Å²) in [4.78, 5) is 4.08. The molecule has 0 aliphatic rings. The third kappa shape index (κ3) is 4.13. The van der Waals surface area contributed by atoms with Crippen LogP contribution in [0.15, 0.2) is 24.5 Å². The molecule has 0 spiro atoms. The van der Waals surface area contributed by atoms with Crippen LogP contribution < -0.4 is 0 Å². The predicted octanol–water partition coefficient (Wildman–Crippen LogP) is 4.54. The molecule has 3 nitrogen and oxygen atoms in total. The van der Waals surface area contributed by atoms with Gasteiger partial charge in [-0.25, -0.2) is 4.98 Å². The van der Waals surface area contributed by atoms with E-state index in [4.69, 9.17) is 15.8 Å². The van der Waals surface area contributed by atoms with Gasteiger partial charge in [-0.1, -0.05) is 11.6 Å². The topological polar surface area (TPSA) is 27.1 Å². The number of fused-ring (bicyclic) bond motifs is 1. The van der Waals surface area contributed by atoms with E-state index in [1.165, 1.54) is 12.0 Å². The van der Waals surface area contributed by atoms with Gasteiger partial charge in [0.2, 0.25) is 0 Å². The van der Waals surface area contributed by atoms with E-state index in [1.807, 2.05) is 12.1 Å². The van der Waals surface area contributed by atoms with Crippen LogP contribution in [0.25, 0.3) is 10.9 Å². The molecule has 5 heteroatoms. The molecule has 2 aromatic rings. The molecule has 0 saturated carbocycles. The van der Waals surface area contributed by atoms with E-state index in [2.05, 4.69) is 36.5 Å².